The Morgan fingerprint density at radius 2 is 2.00 bits per heavy atom. The number of morpholine rings is 1. The number of hydrogen-bond acceptors (Lipinski definition) is 4. The van der Waals surface area contributed by atoms with Crippen molar-refractivity contribution in [1.29, 1.82) is 0 Å². The van der Waals surface area contributed by atoms with E-state index in [0.717, 1.165) is 5.56 Å². The van der Waals surface area contributed by atoms with E-state index in [2.05, 4.69) is 4.98 Å². The Labute approximate surface area is 166 Å². The molecule has 1 amide bonds. The Balaban J connectivity index is 1.47. The van der Waals surface area contributed by atoms with E-state index in [1.54, 1.807) is 23.2 Å². The van der Waals surface area contributed by atoms with Crippen LogP contribution in [0, 0.1) is 5.82 Å². The van der Waals surface area contributed by atoms with Crippen molar-refractivity contribution in [3.05, 3.63) is 88.3 Å². The maximum absolute atomic E-state index is 13.9. The Morgan fingerprint density at radius 3 is 2.82 bits per heavy atom. The summed E-state index contributed by atoms with van der Waals surface area (Å²) < 4.78 is 25.5. The topological polar surface area (TPSA) is 55.6 Å². The third-order valence-corrected chi connectivity index (χ3v) is 5.00. The van der Waals surface area contributed by atoms with Gasteiger partial charge in [-0.05, 0) is 23.8 Å². The molecule has 1 atom stereocenters. The maximum atomic E-state index is 13.9. The minimum atomic E-state index is -0.534. The molecule has 0 N–H and O–H groups in total. The molecule has 1 aromatic heterocycles. The van der Waals surface area contributed by atoms with Gasteiger partial charge in [-0.1, -0.05) is 41.9 Å². The van der Waals surface area contributed by atoms with Crippen LogP contribution < -0.4 is 0 Å². The van der Waals surface area contributed by atoms with Crippen LogP contribution in [0.15, 0.2) is 59.1 Å². The van der Waals surface area contributed by atoms with Gasteiger partial charge in [-0.25, -0.2) is 9.37 Å². The number of ether oxygens (including phenoxy) is 1. The standard InChI is InChI=1S/C21H18ClFN2O3/c22-17-7-3-1-5-14(17)11-15-12-24-20(28-15)19-13-25(9-10-27-19)21(26)16-6-2-4-8-18(16)23/h1-8,12,19H,9-11,13H2/t19-/m0/s1. The molecule has 0 saturated carbocycles. The van der Waals surface area contributed by atoms with Crippen molar-refractivity contribution < 1.29 is 18.3 Å². The van der Waals surface area contributed by atoms with E-state index in [1.165, 1.54) is 12.1 Å². The molecule has 0 spiro atoms. The van der Waals surface area contributed by atoms with E-state index < -0.39 is 11.9 Å². The smallest absolute Gasteiger partial charge is 0.257 e. The number of halogens is 2. The van der Waals surface area contributed by atoms with Crippen LogP contribution in [0.3, 0.4) is 0 Å². The second kappa shape index (κ2) is 8.12. The van der Waals surface area contributed by atoms with Crippen LogP contribution in [0.25, 0.3) is 0 Å². The van der Waals surface area contributed by atoms with Gasteiger partial charge in [-0.2, -0.15) is 0 Å². The summed E-state index contributed by atoms with van der Waals surface area (Å²) in [6, 6.07) is 13.5. The lowest BCUT2D eigenvalue weighted by atomic mass is 10.1. The number of hydrogen-bond donors (Lipinski definition) is 0. The molecule has 0 unspecified atom stereocenters. The van der Waals surface area contributed by atoms with Crippen molar-refractivity contribution >= 4 is 17.5 Å². The van der Waals surface area contributed by atoms with E-state index >= 15 is 0 Å². The molecular formula is C21H18ClFN2O3. The number of oxazole rings is 1. The van der Waals surface area contributed by atoms with Crippen LogP contribution in [0.2, 0.25) is 5.02 Å². The lowest BCUT2D eigenvalue weighted by molar-refractivity contribution is -0.0350. The molecule has 1 saturated heterocycles. The molecule has 1 fully saturated rings. The first-order valence-electron chi connectivity index (χ1n) is 8.95. The van der Waals surface area contributed by atoms with Gasteiger partial charge < -0.3 is 14.1 Å². The molecule has 0 aliphatic carbocycles. The minimum Gasteiger partial charge on any atom is -0.442 e. The second-order valence-electron chi connectivity index (χ2n) is 6.52. The highest BCUT2D eigenvalue weighted by Crippen LogP contribution is 2.25. The summed E-state index contributed by atoms with van der Waals surface area (Å²) in [5.74, 6) is 0.153. The van der Waals surface area contributed by atoms with Gasteiger partial charge in [0, 0.05) is 18.0 Å². The van der Waals surface area contributed by atoms with Gasteiger partial charge >= 0.3 is 0 Å². The fourth-order valence-corrected chi connectivity index (χ4v) is 3.37. The molecule has 3 aromatic rings. The second-order valence-corrected chi connectivity index (χ2v) is 6.93. The summed E-state index contributed by atoms with van der Waals surface area (Å²) in [5, 5.41) is 0.663. The van der Waals surface area contributed by atoms with E-state index in [-0.39, 0.29) is 18.0 Å². The monoisotopic (exact) mass is 400 g/mol. The largest absolute Gasteiger partial charge is 0.442 e. The molecule has 1 aliphatic rings. The normalized spacial score (nSPS) is 16.9. The third-order valence-electron chi connectivity index (χ3n) is 4.63. The Bertz CT molecular complexity index is 991. The van der Waals surface area contributed by atoms with Crippen molar-refractivity contribution in [3.8, 4) is 0 Å². The van der Waals surface area contributed by atoms with E-state index in [0.29, 0.717) is 36.2 Å². The van der Waals surface area contributed by atoms with E-state index in [4.69, 9.17) is 20.8 Å². The first kappa shape index (κ1) is 18.7. The molecule has 7 heteroatoms. The molecular weight excluding hydrogens is 383 g/mol. The first-order chi connectivity index (χ1) is 13.6. The van der Waals surface area contributed by atoms with Gasteiger partial charge in [0.2, 0.25) is 5.89 Å². The zero-order chi connectivity index (χ0) is 19.5. The number of carbonyl (C=O) groups is 1. The predicted octanol–water partition coefficient (Wildman–Crippen LogP) is 4.27. The van der Waals surface area contributed by atoms with Crippen molar-refractivity contribution in [2.45, 2.75) is 12.5 Å². The molecule has 4 rings (SSSR count). The predicted molar refractivity (Wildman–Crippen MR) is 102 cm³/mol. The van der Waals surface area contributed by atoms with E-state index in [9.17, 15) is 9.18 Å². The van der Waals surface area contributed by atoms with E-state index in [1.807, 2.05) is 24.3 Å². The molecule has 1 aliphatic heterocycles. The number of rotatable bonds is 4. The molecule has 2 heterocycles. The Kier molecular flexibility index (Phi) is 5.41. The number of carbonyl (C=O) groups excluding carboxylic acids is 1. The molecule has 144 valence electrons. The lowest BCUT2D eigenvalue weighted by Gasteiger charge is -2.31. The molecule has 28 heavy (non-hydrogen) atoms. The van der Waals surface area contributed by atoms with Crippen molar-refractivity contribution in [1.82, 2.24) is 9.88 Å². The number of nitrogens with zero attached hydrogens (tertiary/aromatic N) is 2. The average Bonchev–Trinajstić information content (AvgIpc) is 3.18. The average molecular weight is 401 g/mol. The number of benzene rings is 2. The van der Waals surface area contributed by atoms with Crippen molar-refractivity contribution in [2.24, 2.45) is 0 Å². The molecule has 2 aromatic carbocycles. The lowest BCUT2D eigenvalue weighted by Crippen LogP contribution is -2.42. The first-order valence-corrected chi connectivity index (χ1v) is 9.33. The summed E-state index contributed by atoms with van der Waals surface area (Å²) in [7, 11) is 0. The zero-order valence-corrected chi connectivity index (χ0v) is 15.7. The van der Waals surface area contributed by atoms with Gasteiger partial charge in [-0.3, -0.25) is 4.79 Å². The van der Waals surface area contributed by atoms with Crippen LogP contribution in [-0.2, 0) is 11.2 Å². The fourth-order valence-electron chi connectivity index (χ4n) is 3.17. The van der Waals surface area contributed by atoms with Gasteiger partial charge in [0.25, 0.3) is 5.91 Å². The highest BCUT2D eigenvalue weighted by molar-refractivity contribution is 6.31. The Morgan fingerprint density at radius 1 is 1.21 bits per heavy atom. The SMILES string of the molecule is O=C(c1ccccc1F)N1CCO[C@H](c2ncc(Cc3ccccc3Cl)o2)C1. The minimum absolute atomic E-state index is 0.0509. The van der Waals surface area contributed by atoms with Crippen LogP contribution in [-0.4, -0.2) is 35.5 Å². The highest BCUT2D eigenvalue weighted by Gasteiger charge is 2.30. The highest BCUT2D eigenvalue weighted by atomic mass is 35.5. The number of amides is 1. The van der Waals surface area contributed by atoms with Gasteiger partial charge in [-0.15, -0.1) is 0 Å². The summed E-state index contributed by atoms with van der Waals surface area (Å²) in [5.41, 5.74) is 0.989. The maximum Gasteiger partial charge on any atom is 0.257 e. The summed E-state index contributed by atoms with van der Waals surface area (Å²) in [6.45, 7) is 0.961. The van der Waals surface area contributed by atoms with Crippen molar-refractivity contribution in [2.75, 3.05) is 19.7 Å². The van der Waals surface area contributed by atoms with Crippen LogP contribution in [0.4, 0.5) is 4.39 Å². The van der Waals surface area contributed by atoms with Gasteiger partial charge in [0.15, 0.2) is 6.10 Å². The summed E-state index contributed by atoms with van der Waals surface area (Å²) >= 11 is 6.19. The van der Waals surface area contributed by atoms with Crippen LogP contribution >= 0.6 is 11.6 Å². The third kappa shape index (κ3) is 3.93. The summed E-state index contributed by atoms with van der Waals surface area (Å²) in [6.07, 6.45) is 1.65. The summed E-state index contributed by atoms with van der Waals surface area (Å²) in [4.78, 5) is 18.5. The Hall–Kier alpha value is -2.70. The van der Waals surface area contributed by atoms with Gasteiger partial charge in [0.1, 0.15) is 11.6 Å². The molecule has 0 bridgehead atoms. The quantitative estimate of drug-likeness (QED) is 0.656. The van der Waals surface area contributed by atoms with Gasteiger partial charge in [0.05, 0.1) is 24.9 Å². The van der Waals surface area contributed by atoms with Crippen LogP contribution in [0.5, 0.6) is 0 Å². The zero-order valence-electron chi connectivity index (χ0n) is 15.0. The molecule has 0 radical (unpaired) electrons. The molecule has 5 nitrogen and oxygen atoms in total. The number of aromatic nitrogens is 1. The van der Waals surface area contributed by atoms with Crippen LogP contribution in [0.1, 0.15) is 33.7 Å². The van der Waals surface area contributed by atoms with Crippen molar-refractivity contribution in [3.63, 3.8) is 0 Å². The fraction of sp³-hybridized carbons (Fsp3) is 0.238.